The van der Waals surface area contributed by atoms with Crippen molar-refractivity contribution in [3.05, 3.63) is 34.4 Å². The summed E-state index contributed by atoms with van der Waals surface area (Å²) in [5.74, 6) is -2.28. The van der Waals surface area contributed by atoms with E-state index in [1.54, 1.807) is 6.07 Å². The van der Waals surface area contributed by atoms with Gasteiger partial charge >= 0.3 is 11.9 Å². The van der Waals surface area contributed by atoms with Crippen LogP contribution in [0.2, 0.25) is 0 Å². The van der Waals surface area contributed by atoms with E-state index in [0.717, 1.165) is 44.1 Å². The van der Waals surface area contributed by atoms with Crippen molar-refractivity contribution >= 4 is 11.9 Å². The van der Waals surface area contributed by atoms with Crippen molar-refractivity contribution in [1.29, 1.82) is 0 Å². The minimum atomic E-state index is -1.15. The van der Waals surface area contributed by atoms with Crippen LogP contribution in [0.25, 0.3) is 0 Å². The average molecular weight is 391 g/mol. The molecule has 1 rings (SSSR count). The zero-order chi connectivity index (χ0) is 20.8. The Bertz CT molecular complexity index is 607. The van der Waals surface area contributed by atoms with Crippen LogP contribution >= 0.6 is 0 Å². The molecule has 0 aliphatic rings. The molecule has 0 amide bonds. The lowest BCUT2D eigenvalue weighted by Crippen LogP contribution is -2.13. The Kier molecular flexibility index (Phi) is 12.3. The first-order valence-electron chi connectivity index (χ1n) is 11.1. The molecule has 0 spiro atoms. The SMILES string of the molecule is CCCCCCCCc1cc(CCCCCCCC)c(C(=O)O)c(C(=O)O)c1. The Labute approximate surface area is 170 Å². The molecule has 158 valence electrons. The van der Waals surface area contributed by atoms with Crippen LogP contribution in [0.3, 0.4) is 0 Å². The van der Waals surface area contributed by atoms with E-state index in [2.05, 4.69) is 13.8 Å². The van der Waals surface area contributed by atoms with Gasteiger partial charge in [-0.25, -0.2) is 9.59 Å². The lowest BCUT2D eigenvalue weighted by atomic mass is 9.92. The van der Waals surface area contributed by atoms with Gasteiger partial charge < -0.3 is 10.2 Å². The summed E-state index contributed by atoms with van der Waals surface area (Å²) in [4.78, 5) is 23.4. The maximum Gasteiger partial charge on any atom is 0.336 e. The molecule has 0 heterocycles. The van der Waals surface area contributed by atoms with Crippen LogP contribution in [0.4, 0.5) is 0 Å². The van der Waals surface area contributed by atoms with Gasteiger partial charge in [0.25, 0.3) is 0 Å². The summed E-state index contributed by atoms with van der Waals surface area (Å²) in [5, 5.41) is 19.1. The third-order valence-electron chi connectivity index (χ3n) is 5.34. The van der Waals surface area contributed by atoms with Crippen LogP contribution < -0.4 is 0 Å². The number of aromatic carboxylic acids is 2. The van der Waals surface area contributed by atoms with Gasteiger partial charge in [0.15, 0.2) is 0 Å². The van der Waals surface area contributed by atoms with Gasteiger partial charge in [0.2, 0.25) is 0 Å². The summed E-state index contributed by atoms with van der Waals surface area (Å²) in [5.41, 5.74) is 1.56. The molecule has 0 saturated heterocycles. The van der Waals surface area contributed by atoms with Crippen molar-refractivity contribution in [3.63, 3.8) is 0 Å². The van der Waals surface area contributed by atoms with E-state index in [1.807, 2.05) is 6.07 Å². The van der Waals surface area contributed by atoms with Crippen molar-refractivity contribution < 1.29 is 19.8 Å². The highest BCUT2D eigenvalue weighted by Gasteiger charge is 2.21. The summed E-state index contributed by atoms with van der Waals surface area (Å²) in [6.07, 6.45) is 15.3. The topological polar surface area (TPSA) is 74.6 Å². The molecule has 0 saturated carbocycles. The standard InChI is InChI=1S/C24H38O4/c1-3-5-7-9-11-13-15-19-17-20(16-14-12-10-8-6-4-2)22(24(27)28)21(18-19)23(25)26/h17-18H,3-16H2,1-2H3,(H,25,26)(H,27,28). The lowest BCUT2D eigenvalue weighted by Gasteiger charge is -2.13. The van der Waals surface area contributed by atoms with E-state index in [-0.39, 0.29) is 11.1 Å². The fourth-order valence-electron chi connectivity index (χ4n) is 3.74. The van der Waals surface area contributed by atoms with Crippen molar-refractivity contribution in [3.8, 4) is 0 Å². The molecule has 1 aromatic rings. The number of carboxylic acids is 2. The van der Waals surface area contributed by atoms with Gasteiger partial charge in [0.05, 0.1) is 11.1 Å². The summed E-state index contributed by atoms with van der Waals surface area (Å²) >= 11 is 0. The number of aryl methyl sites for hydroxylation is 2. The first kappa shape index (κ1) is 24.2. The zero-order valence-electron chi connectivity index (χ0n) is 17.8. The molecule has 0 aromatic heterocycles. The van der Waals surface area contributed by atoms with Crippen LogP contribution in [0.1, 0.15) is 123 Å². The molecule has 0 radical (unpaired) electrons. The summed E-state index contributed by atoms with van der Waals surface area (Å²) in [6.45, 7) is 4.38. The summed E-state index contributed by atoms with van der Waals surface area (Å²) in [6, 6.07) is 3.51. The minimum Gasteiger partial charge on any atom is -0.478 e. The highest BCUT2D eigenvalue weighted by Crippen LogP contribution is 2.23. The van der Waals surface area contributed by atoms with Gasteiger partial charge in [-0.15, -0.1) is 0 Å². The van der Waals surface area contributed by atoms with Crippen LogP contribution in [0.15, 0.2) is 12.1 Å². The van der Waals surface area contributed by atoms with E-state index in [0.29, 0.717) is 12.0 Å². The van der Waals surface area contributed by atoms with Crippen LogP contribution in [-0.4, -0.2) is 22.2 Å². The predicted octanol–water partition coefficient (Wildman–Crippen LogP) is 6.89. The third kappa shape index (κ3) is 8.90. The zero-order valence-corrected chi connectivity index (χ0v) is 17.8. The summed E-state index contributed by atoms with van der Waals surface area (Å²) in [7, 11) is 0. The van der Waals surface area contributed by atoms with Gasteiger partial charge in [0, 0.05) is 0 Å². The van der Waals surface area contributed by atoms with Crippen LogP contribution in [0, 0.1) is 0 Å². The van der Waals surface area contributed by atoms with E-state index in [4.69, 9.17) is 0 Å². The van der Waals surface area contributed by atoms with E-state index < -0.39 is 11.9 Å². The monoisotopic (exact) mass is 390 g/mol. The number of carbonyl (C=O) groups is 2. The van der Waals surface area contributed by atoms with Crippen molar-refractivity contribution in [2.45, 2.75) is 104 Å². The van der Waals surface area contributed by atoms with Crippen molar-refractivity contribution in [1.82, 2.24) is 0 Å². The fourth-order valence-corrected chi connectivity index (χ4v) is 3.74. The van der Waals surface area contributed by atoms with Gasteiger partial charge in [-0.2, -0.15) is 0 Å². The molecule has 0 fully saturated rings. The Balaban J connectivity index is 2.80. The van der Waals surface area contributed by atoms with E-state index >= 15 is 0 Å². The molecule has 1 aromatic carbocycles. The second kappa shape index (κ2) is 14.2. The highest BCUT2D eigenvalue weighted by atomic mass is 16.4. The smallest absolute Gasteiger partial charge is 0.336 e. The van der Waals surface area contributed by atoms with Crippen LogP contribution in [0.5, 0.6) is 0 Å². The molecular weight excluding hydrogens is 352 g/mol. The minimum absolute atomic E-state index is 0.0206. The number of unbranched alkanes of at least 4 members (excludes halogenated alkanes) is 10. The first-order valence-corrected chi connectivity index (χ1v) is 11.1. The Hall–Kier alpha value is -1.84. The Morgan fingerprint density at radius 2 is 1.18 bits per heavy atom. The van der Waals surface area contributed by atoms with Crippen LogP contribution in [-0.2, 0) is 12.8 Å². The second-order valence-electron chi connectivity index (χ2n) is 7.82. The lowest BCUT2D eigenvalue weighted by molar-refractivity contribution is 0.0650. The number of hydrogen-bond donors (Lipinski definition) is 2. The molecule has 0 atom stereocenters. The summed E-state index contributed by atoms with van der Waals surface area (Å²) < 4.78 is 0. The second-order valence-corrected chi connectivity index (χ2v) is 7.82. The highest BCUT2D eigenvalue weighted by molar-refractivity contribution is 6.03. The van der Waals surface area contributed by atoms with E-state index in [1.165, 1.54) is 44.9 Å². The maximum atomic E-state index is 11.7. The molecule has 0 aliphatic heterocycles. The predicted molar refractivity (Wildman–Crippen MR) is 115 cm³/mol. The van der Waals surface area contributed by atoms with E-state index in [9.17, 15) is 19.8 Å². The largest absolute Gasteiger partial charge is 0.478 e. The molecule has 0 unspecified atom stereocenters. The Morgan fingerprint density at radius 1 is 0.679 bits per heavy atom. The molecule has 2 N–H and O–H groups in total. The third-order valence-corrected chi connectivity index (χ3v) is 5.34. The number of benzene rings is 1. The molecule has 28 heavy (non-hydrogen) atoms. The Morgan fingerprint density at radius 3 is 1.68 bits per heavy atom. The normalized spacial score (nSPS) is 10.9. The fraction of sp³-hybridized carbons (Fsp3) is 0.667. The molecule has 4 heteroatoms. The average Bonchev–Trinajstić information content (AvgIpc) is 2.66. The number of rotatable bonds is 16. The quantitative estimate of drug-likeness (QED) is 0.301. The molecule has 4 nitrogen and oxygen atoms in total. The molecular formula is C24H38O4. The van der Waals surface area contributed by atoms with Crippen molar-refractivity contribution in [2.24, 2.45) is 0 Å². The molecule has 0 bridgehead atoms. The van der Waals surface area contributed by atoms with Gasteiger partial charge in [-0.1, -0.05) is 84.1 Å². The number of hydrogen-bond acceptors (Lipinski definition) is 2. The molecule has 0 aliphatic carbocycles. The first-order chi connectivity index (χ1) is 13.5. The van der Waals surface area contributed by atoms with Gasteiger partial charge in [-0.3, -0.25) is 0 Å². The van der Waals surface area contributed by atoms with Crippen molar-refractivity contribution in [2.75, 3.05) is 0 Å². The van der Waals surface area contributed by atoms with Gasteiger partial charge in [0.1, 0.15) is 0 Å². The van der Waals surface area contributed by atoms with Gasteiger partial charge in [-0.05, 0) is 42.9 Å². The number of carboxylic acid groups (broad SMARTS) is 2. The maximum absolute atomic E-state index is 11.7.